The van der Waals surface area contributed by atoms with Crippen molar-refractivity contribution >= 4 is 5.97 Å². The average molecular weight is 252 g/mol. The van der Waals surface area contributed by atoms with Crippen LogP contribution in [-0.2, 0) is 9.53 Å². The van der Waals surface area contributed by atoms with E-state index in [9.17, 15) is 4.79 Å². The van der Waals surface area contributed by atoms with Crippen molar-refractivity contribution in [1.29, 1.82) is 5.26 Å². The summed E-state index contributed by atoms with van der Waals surface area (Å²) in [5.41, 5.74) is -0.391. The molecule has 3 atom stereocenters. The summed E-state index contributed by atoms with van der Waals surface area (Å²) >= 11 is 0. The van der Waals surface area contributed by atoms with E-state index in [0.717, 1.165) is 19.3 Å². The maximum atomic E-state index is 12.1. The number of ether oxygens (including phenoxy) is 1. The molecule has 1 aliphatic rings. The first-order valence-corrected chi connectivity index (χ1v) is 6.69. The molecule has 0 N–H and O–H groups in total. The van der Waals surface area contributed by atoms with Crippen LogP contribution in [0.5, 0.6) is 0 Å². The van der Waals surface area contributed by atoms with E-state index in [1.54, 1.807) is 0 Å². The maximum Gasteiger partial charge on any atom is 0.310 e. The highest BCUT2D eigenvalue weighted by molar-refractivity contribution is 5.72. The maximum absolute atomic E-state index is 12.1. The zero-order chi connectivity index (χ0) is 13.8. The Kier molecular flexibility index (Phi) is 5.15. The third kappa shape index (κ3) is 3.71. The van der Waals surface area contributed by atoms with Crippen LogP contribution in [-0.4, -0.2) is 37.1 Å². The number of hydrogen-bond acceptors (Lipinski definition) is 4. The van der Waals surface area contributed by atoms with Crippen molar-refractivity contribution in [2.24, 2.45) is 11.8 Å². The molecule has 4 heteroatoms. The number of nitriles is 1. The fourth-order valence-corrected chi connectivity index (χ4v) is 2.62. The van der Waals surface area contributed by atoms with E-state index in [1.807, 2.05) is 32.8 Å². The number of carbonyl (C=O) groups is 1. The molecule has 0 radical (unpaired) electrons. The van der Waals surface area contributed by atoms with Crippen LogP contribution in [0.25, 0.3) is 0 Å². The molecule has 1 saturated carbocycles. The second kappa shape index (κ2) is 6.19. The number of hydrogen-bond donors (Lipinski definition) is 0. The second-order valence-electron chi connectivity index (χ2n) is 5.69. The average Bonchev–Trinajstić information content (AvgIpc) is 2.72. The summed E-state index contributed by atoms with van der Waals surface area (Å²) < 4.78 is 5.73. The molecule has 0 bridgehead atoms. The third-order valence-electron chi connectivity index (χ3n) is 3.75. The lowest BCUT2D eigenvalue weighted by Crippen LogP contribution is -2.36. The van der Waals surface area contributed by atoms with Gasteiger partial charge < -0.3 is 9.64 Å². The Morgan fingerprint density at radius 1 is 1.61 bits per heavy atom. The van der Waals surface area contributed by atoms with Gasteiger partial charge in [0.2, 0.25) is 0 Å². The molecule has 1 rings (SSSR count). The topological polar surface area (TPSA) is 53.3 Å². The zero-order valence-corrected chi connectivity index (χ0v) is 11.9. The lowest BCUT2D eigenvalue weighted by Gasteiger charge is -2.29. The summed E-state index contributed by atoms with van der Waals surface area (Å²) in [4.78, 5) is 14.0. The minimum atomic E-state index is -0.391. The van der Waals surface area contributed by atoms with Crippen LogP contribution < -0.4 is 0 Å². The molecule has 102 valence electrons. The van der Waals surface area contributed by atoms with E-state index in [0.29, 0.717) is 13.0 Å². The van der Waals surface area contributed by atoms with Gasteiger partial charge in [0.25, 0.3) is 0 Å². The van der Waals surface area contributed by atoms with E-state index < -0.39 is 5.60 Å². The monoisotopic (exact) mass is 252 g/mol. The van der Waals surface area contributed by atoms with Crippen molar-refractivity contribution in [1.82, 2.24) is 4.90 Å². The van der Waals surface area contributed by atoms with Gasteiger partial charge in [-0.05, 0) is 33.4 Å². The second-order valence-corrected chi connectivity index (χ2v) is 5.69. The van der Waals surface area contributed by atoms with Crippen LogP contribution in [0.4, 0.5) is 0 Å². The molecular weight excluding hydrogens is 228 g/mol. The predicted octanol–water partition coefficient (Wildman–Crippen LogP) is 2.20. The first-order chi connectivity index (χ1) is 8.42. The molecule has 18 heavy (non-hydrogen) atoms. The normalized spacial score (nSPS) is 29.0. The Bertz CT molecular complexity index is 335. The van der Waals surface area contributed by atoms with Crippen molar-refractivity contribution in [3.05, 3.63) is 0 Å². The molecule has 1 aliphatic carbocycles. The molecule has 0 heterocycles. The van der Waals surface area contributed by atoms with E-state index in [4.69, 9.17) is 10.00 Å². The van der Waals surface area contributed by atoms with Gasteiger partial charge in [0.05, 0.1) is 17.9 Å². The van der Waals surface area contributed by atoms with E-state index >= 15 is 0 Å². The Labute approximate surface area is 110 Å². The van der Waals surface area contributed by atoms with Crippen LogP contribution in [0.1, 0.15) is 39.5 Å². The summed E-state index contributed by atoms with van der Waals surface area (Å²) in [6.45, 7) is 4.62. The fraction of sp³-hybridized carbons (Fsp3) is 0.857. The molecule has 3 unspecified atom stereocenters. The number of rotatable bonds is 5. The molecule has 0 saturated heterocycles. The van der Waals surface area contributed by atoms with Crippen LogP contribution in [0.2, 0.25) is 0 Å². The van der Waals surface area contributed by atoms with Crippen molar-refractivity contribution in [2.45, 2.75) is 45.1 Å². The highest BCUT2D eigenvalue weighted by Crippen LogP contribution is 2.40. The van der Waals surface area contributed by atoms with Gasteiger partial charge in [-0.25, -0.2) is 0 Å². The SMILES string of the molecule is CCC1(OC(=O)C(C)CN(C)C)CCC(C#N)C1. The largest absolute Gasteiger partial charge is 0.459 e. The fourth-order valence-electron chi connectivity index (χ4n) is 2.62. The molecule has 0 spiro atoms. The van der Waals surface area contributed by atoms with Gasteiger partial charge in [-0.15, -0.1) is 0 Å². The Hall–Kier alpha value is -1.08. The molecule has 0 aromatic heterocycles. The molecular formula is C14H24N2O2. The van der Waals surface area contributed by atoms with E-state index in [2.05, 4.69) is 6.07 Å². The molecule has 0 aromatic carbocycles. The molecule has 0 aliphatic heterocycles. The summed E-state index contributed by atoms with van der Waals surface area (Å²) in [5.74, 6) is -0.212. The third-order valence-corrected chi connectivity index (χ3v) is 3.75. The van der Waals surface area contributed by atoms with Crippen LogP contribution in [0.3, 0.4) is 0 Å². The molecule has 0 aromatic rings. The van der Waals surface area contributed by atoms with E-state index in [-0.39, 0.29) is 17.8 Å². The predicted molar refractivity (Wildman–Crippen MR) is 69.8 cm³/mol. The highest BCUT2D eigenvalue weighted by Gasteiger charge is 2.41. The summed E-state index contributed by atoms with van der Waals surface area (Å²) in [5, 5.41) is 8.96. The molecule has 1 fully saturated rings. The first-order valence-electron chi connectivity index (χ1n) is 6.69. The van der Waals surface area contributed by atoms with Crippen molar-refractivity contribution in [3.8, 4) is 6.07 Å². The lowest BCUT2D eigenvalue weighted by atomic mass is 9.96. The van der Waals surface area contributed by atoms with Gasteiger partial charge in [0.1, 0.15) is 5.60 Å². The number of nitrogens with zero attached hydrogens (tertiary/aromatic N) is 2. The Morgan fingerprint density at radius 3 is 2.72 bits per heavy atom. The standard InChI is InChI=1S/C14H24N2O2/c1-5-14(7-6-12(8-14)9-15)18-13(17)11(2)10-16(3)4/h11-12H,5-8,10H2,1-4H3. The minimum absolute atomic E-state index is 0.0434. The quantitative estimate of drug-likeness (QED) is 0.704. The summed E-state index contributed by atoms with van der Waals surface area (Å²) in [6.07, 6.45) is 3.16. The highest BCUT2D eigenvalue weighted by atomic mass is 16.6. The minimum Gasteiger partial charge on any atom is -0.459 e. The van der Waals surface area contributed by atoms with Gasteiger partial charge in [-0.2, -0.15) is 5.26 Å². The molecule has 4 nitrogen and oxygen atoms in total. The zero-order valence-electron chi connectivity index (χ0n) is 11.9. The van der Waals surface area contributed by atoms with Crippen LogP contribution in [0, 0.1) is 23.2 Å². The molecule has 0 amide bonds. The van der Waals surface area contributed by atoms with Crippen molar-refractivity contribution < 1.29 is 9.53 Å². The summed E-state index contributed by atoms with van der Waals surface area (Å²) in [6, 6.07) is 2.29. The number of esters is 1. The van der Waals surface area contributed by atoms with Gasteiger partial charge in [0, 0.05) is 13.0 Å². The first kappa shape index (κ1) is 15.0. The Morgan fingerprint density at radius 2 is 2.28 bits per heavy atom. The van der Waals surface area contributed by atoms with E-state index in [1.165, 1.54) is 0 Å². The van der Waals surface area contributed by atoms with Crippen molar-refractivity contribution in [2.75, 3.05) is 20.6 Å². The van der Waals surface area contributed by atoms with Crippen LogP contribution in [0.15, 0.2) is 0 Å². The van der Waals surface area contributed by atoms with Gasteiger partial charge >= 0.3 is 5.97 Å². The lowest BCUT2D eigenvalue weighted by molar-refractivity contribution is -0.164. The van der Waals surface area contributed by atoms with Gasteiger partial charge in [0.15, 0.2) is 0 Å². The van der Waals surface area contributed by atoms with Gasteiger partial charge in [-0.1, -0.05) is 13.8 Å². The Balaban J connectivity index is 2.59. The smallest absolute Gasteiger partial charge is 0.310 e. The number of carbonyl (C=O) groups excluding carboxylic acids is 1. The van der Waals surface area contributed by atoms with Gasteiger partial charge in [-0.3, -0.25) is 4.79 Å². The van der Waals surface area contributed by atoms with Crippen LogP contribution >= 0.6 is 0 Å². The van der Waals surface area contributed by atoms with Crippen molar-refractivity contribution in [3.63, 3.8) is 0 Å². The summed E-state index contributed by atoms with van der Waals surface area (Å²) in [7, 11) is 3.89.